The van der Waals surface area contributed by atoms with E-state index >= 15 is 0 Å². The molecule has 2 N–H and O–H groups in total. The van der Waals surface area contributed by atoms with Gasteiger partial charge in [-0.25, -0.2) is 0 Å². The van der Waals surface area contributed by atoms with Gasteiger partial charge < -0.3 is 9.88 Å². The predicted molar refractivity (Wildman–Crippen MR) is 73.8 cm³/mol. The molecule has 2 heterocycles. The number of carbonyl (C=O) groups excluding carboxylic acids is 1. The summed E-state index contributed by atoms with van der Waals surface area (Å²) in [6, 6.07) is 2.03. The lowest BCUT2D eigenvalue weighted by atomic mass is 10.3. The number of halogens is 1. The Bertz CT molecular complexity index is 570. The molecule has 0 saturated heterocycles. The molecular formula is C12H15BrN4O. The van der Waals surface area contributed by atoms with E-state index in [1.54, 1.807) is 12.3 Å². The van der Waals surface area contributed by atoms with Crippen molar-refractivity contribution in [1.29, 1.82) is 0 Å². The molecule has 6 heteroatoms. The quantitative estimate of drug-likeness (QED) is 0.915. The van der Waals surface area contributed by atoms with Crippen molar-refractivity contribution in [2.75, 3.05) is 5.32 Å². The van der Waals surface area contributed by atoms with E-state index in [0.29, 0.717) is 11.5 Å². The van der Waals surface area contributed by atoms with Crippen molar-refractivity contribution < 1.29 is 4.79 Å². The van der Waals surface area contributed by atoms with Crippen molar-refractivity contribution in [3.05, 3.63) is 34.2 Å². The maximum absolute atomic E-state index is 12.2. The molecule has 0 atom stereocenters. The fourth-order valence-electron chi connectivity index (χ4n) is 1.71. The summed E-state index contributed by atoms with van der Waals surface area (Å²) >= 11 is 3.39. The third-order valence-electron chi connectivity index (χ3n) is 2.67. The zero-order valence-electron chi connectivity index (χ0n) is 10.5. The fraction of sp³-hybridized carbons (Fsp3) is 0.333. The Hall–Kier alpha value is -1.56. The zero-order chi connectivity index (χ0) is 13.3. The smallest absolute Gasteiger partial charge is 0.273 e. The van der Waals surface area contributed by atoms with Crippen molar-refractivity contribution in [2.24, 2.45) is 0 Å². The molecule has 96 valence electrons. The summed E-state index contributed by atoms with van der Waals surface area (Å²) in [6.45, 7) is 5.95. The molecule has 2 aromatic rings. The third kappa shape index (κ3) is 2.48. The van der Waals surface area contributed by atoms with Crippen LogP contribution in [0.2, 0.25) is 0 Å². The Morgan fingerprint density at radius 2 is 2.28 bits per heavy atom. The van der Waals surface area contributed by atoms with Gasteiger partial charge in [0.1, 0.15) is 11.5 Å². The maximum Gasteiger partial charge on any atom is 0.273 e. The number of anilines is 1. The number of aromatic nitrogens is 3. The molecule has 1 amide bonds. The zero-order valence-corrected chi connectivity index (χ0v) is 12.1. The Morgan fingerprint density at radius 1 is 1.56 bits per heavy atom. The fourth-order valence-corrected chi connectivity index (χ4v) is 2.14. The number of hydrogen-bond donors (Lipinski definition) is 2. The number of aromatic amines is 1. The highest BCUT2D eigenvalue weighted by Crippen LogP contribution is 2.20. The van der Waals surface area contributed by atoms with Gasteiger partial charge in [0.05, 0.1) is 6.20 Å². The lowest BCUT2D eigenvalue weighted by molar-refractivity contribution is 0.101. The second kappa shape index (κ2) is 4.97. The number of rotatable bonds is 3. The van der Waals surface area contributed by atoms with Crippen LogP contribution in [0.1, 0.15) is 35.9 Å². The molecule has 5 nitrogen and oxygen atoms in total. The van der Waals surface area contributed by atoms with Gasteiger partial charge in [-0.05, 0) is 42.8 Å². The summed E-state index contributed by atoms with van der Waals surface area (Å²) in [6.07, 6.45) is 3.58. The van der Waals surface area contributed by atoms with E-state index < -0.39 is 0 Å². The minimum Gasteiger partial charge on any atom is -0.340 e. The predicted octanol–water partition coefficient (Wildman–Crippen LogP) is 3.12. The highest BCUT2D eigenvalue weighted by Gasteiger charge is 2.16. The number of H-pyrrole nitrogens is 1. The van der Waals surface area contributed by atoms with Gasteiger partial charge in [-0.2, -0.15) is 5.10 Å². The van der Waals surface area contributed by atoms with E-state index in [1.807, 2.05) is 31.5 Å². The summed E-state index contributed by atoms with van der Waals surface area (Å²) in [5.41, 5.74) is 1.52. The molecule has 0 bridgehead atoms. The van der Waals surface area contributed by atoms with Crippen molar-refractivity contribution in [2.45, 2.75) is 26.8 Å². The average molecular weight is 311 g/mol. The highest BCUT2D eigenvalue weighted by atomic mass is 79.9. The van der Waals surface area contributed by atoms with E-state index in [9.17, 15) is 4.79 Å². The van der Waals surface area contributed by atoms with E-state index in [0.717, 1.165) is 10.0 Å². The molecule has 0 aliphatic carbocycles. The van der Waals surface area contributed by atoms with Gasteiger partial charge in [-0.15, -0.1) is 0 Å². The van der Waals surface area contributed by atoms with Crippen molar-refractivity contribution >= 4 is 27.7 Å². The van der Waals surface area contributed by atoms with Crippen LogP contribution in [-0.4, -0.2) is 20.7 Å². The van der Waals surface area contributed by atoms with Gasteiger partial charge in [0.2, 0.25) is 0 Å². The van der Waals surface area contributed by atoms with Gasteiger partial charge >= 0.3 is 0 Å². The Balaban J connectivity index is 2.26. The number of hydrogen-bond acceptors (Lipinski definition) is 2. The number of nitrogens with one attached hydrogen (secondary N) is 2. The second-order valence-corrected chi connectivity index (χ2v) is 5.34. The van der Waals surface area contributed by atoms with Crippen LogP contribution in [0.4, 0.5) is 5.82 Å². The van der Waals surface area contributed by atoms with Crippen molar-refractivity contribution in [3.8, 4) is 0 Å². The normalized spacial score (nSPS) is 10.9. The molecule has 2 aromatic heterocycles. The maximum atomic E-state index is 12.2. The van der Waals surface area contributed by atoms with E-state index in [1.165, 1.54) is 0 Å². The molecule has 0 unspecified atom stereocenters. The minimum absolute atomic E-state index is 0.151. The first-order valence-corrected chi connectivity index (χ1v) is 6.47. The highest BCUT2D eigenvalue weighted by molar-refractivity contribution is 9.10. The van der Waals surface area contributed by atoms with Gasteiger partial charge in [-0.1, -0.05) is 0 Å². The molecule has 0 aliphatic heterocycles. The molecule has 0 aliphatic rings. The van der Waals surface area contributed by atoms with Crippen molar-refractivity contribution in [3.63, 3.8) is 0 Å². The monoisotopic (exact) mass is 310 g/mol. The van der Waals surface area contributed by atoms with Crippen LogP contribution in [0.15, 0.2) is 22.9 Å². The summed E-state index contributed by atoms with van der Waals surface area (Å²) < 4.78 is 2.81. The third-order valence-corrected chi connectivity index (χ3v) is 3.11. The van der Waals surface area contributed by atoms with Crippen molar-refractivity contribution in [1.82, 2.24) is 14.8 Å². The first-order valence-electron chi connectivity index (χ1n) is 5.67. The first kappa shape index (κ1) is 12.9. The van der Waals surface area contributed by atoms with Crippen LogP contribution >= 0.6 is 15.9 Å². The second-order valence-electron chi connectivity index (χ2n) is 4.43. The summed E-state index contributed by atoms with van der Waals surface area (Å²) in [5, 5.41) is 9.45. The summed E-state index contributed by atoms with van der Waals surface area (Å²) in [7, 11) is 0. The van der Waals surface area contributed by atoms with Gasteiger partial charge in [0.15, 0.2) is 0 Å². The largest absolute Gasteiger partial charge is 0.340 e. The molecular weight excluding hydrogens is 296 g/mol. The topological polar surface area (TPSA) is 62.7 Å². The Kier molecular flexibility index (Phi) is 3.56. The molecule has 0 radical (unpaired) electrons. The SMILES string of the molecule is Cc1cn[nH]c1NC(=O)c1cc(Br)cn1C(C)C. The molecule has 0 spiro atoms. The van der Waals surface area contributed by atoms with E-state index in [2.05, 4.69) is 31.4 Å². The Labute approximate surface area is 114 Å². The minimum atomic E-state index is -0.151. The number of aryl methyl sites for hydroxylation is 1. The molecule has 18 heavy (non-hydrogen) atoms. The van der Waals surface area contributed by atoms with E-state index in [4.69, 9.17) is 0 Å². The van der Waals surface area contributed by atoms with Crippen LogP contribution in [0, 0.1) is 6.92 Å². The number of carbonyl (C=O) groups is 1. The van der Waals surface area contributed by atoms with Gasteiger partial charge in [0.25, 0.3) is 5.91 Å². The van der Waals surface area contributed by atoms with Crippen LogP contribution < -0.4 is 5.32 Å². The van der Waals surface area contributed by atoms with Gasteiger partial charge in [0, 0.05) is 22.3 Å². The lowest BCUT2D eigenvalue weighted by Gasteiger charge is -2.12. The number of amides is 1. The molecule has 2 rings (SSSR count). The standard InChI is InChI=1S/C12H15BrN4O/c1-7(2)17-6-9(13)4-10(17)12(18)15-11-8(3)5-14-16-11/h4-7H,1-3H3,(H2,14,15,16,18). The average Bonchev–Trinajstić information content (AvgIpc) is 2.86. The molecule has 0 fully saturated rings. The molecule has 0 saturated carbocycles. The lowest BCUT2D eigenvalue weighted by Crippen LogP contribution is -2.18. The number of nitrogens with zero attached hydrogens (tertiary/aromatic N) is 2. The van der Waals surface area contributed by atoms with Crippen LogP contribution in [0.25, 0.3) is 0 Å². The first-order chi connectivity index (χ1) is 8.49. The van der Waals surface area contributed by atoms with Crippen LogP contribution in [0.5, 0.6) is 0 Å². The van der Waals surface area contributed by atoms with E-state index in [-0.39, 0.29) is 11.9 Å². The molecule has 0 aromatic carbocycles. The summed E-state index contributed by atoms with van der Waals surface area (Å²) in [4.78, 5) is 12.2. The summed E-state index contributed by atoms with van der Waals surface area (Å²) in [5.74, 6) is 0.481. The van der Waals surface area contributed by atoms with Crippen LogP contribution in [0.3, 0.4) is 0 Å². The van der Waals surface area contributed by atoms with Gasteiger partial charge in [-0.3, -0.25) is 9.89 Å². The Morgan fingerprint density at radius 3 is 2.83 bits per heavy atom. The van der Waals surface area contributed by atoms with Crippen LogP contribution in [-0.2, 0) is 0 Å².